The molecule has 7 heteroatoms. The van der Waals surface area contributed by atoms with Crippen molar-refractivity contribution in [1.82, 2.24) is 9.78 Å². The molecule has 136 valence electrons. The summed E-state index contributed by atoms with van der Waals surface area (Å²) in [6, 6.07) is 17.5. The first-order valence-electron chi connectivity index (χ1n) is 8.65. The van der Waals surface area contributed by atoms with Crippen molar-refractivity contribution in [3.8, 4) is 22.9 Å². The summed E-state index contributed by atoms with van der Waals surface area (Å²) in [5, 5.41) is 13.4. The van der Waals surface area contributed by atoms with Crippen molar-refractivity contribution in [1.29, 1.82) is 5.26 Å². The number of nitriles is 1. The van der Waals surface area contributed by atoms with E-state index in [-0.39, 0.29) is 11.5 Å². The van der Waals surface area contributed by atoms with Crippen LogP contribution in [0.5, 0.6) is 0 Å². The summed E-state index contributed by atoms with van der Waals surface area (Å²) in [7, 11) is -2.88. The van der Waals surface area contributed by atoms with Gasteiger partial charge in [-0.25, -0.2) is 13.1 Å². The molecule has 1 saturated heterocycles. The highest BCUT2D eigenvalue weighted by molar-refractivity contribution is 7.91. The van der Waals surface area contributed by atoms with Gasteiger partial charge in [0.25, 0.3) is 0 Å². The van der Waals surface area contributed by atoms with Gasteiger partial charge in [0.05, 0.1) is 35.0 Å². The fourth-order valence-electron chi connectivity index (χ4n) is 3.17. The van der Waals surface area contributed by atoms with Gasteiger partial charge in [0.2, 0.25) is 0 Å². The number of sulfone groups is 1. The lowest BCUT2D eigenvalue weighted by Crippen LogP contribution is -2.40. The van der Waals surface area contributed by atoms with E-state index in [1.165, 1.54) is 0 Å². The van der Waals surface area contributed by atoms with E-state index in [4.69, 9.17) is 5.26 Å². The van der Waals surface area contributed by atoms with Gasteiger partial charge in [0.1, 0.15) is 0 Å². The second-order valence-electron chi connectivity index (χ2n) is 6.52. The van der Waals surface area contributed by atoms with E-state index in [1.54, 1.807) is 23.0 Å². The number of hydrogen-bond acceptors (Lipinski definition) is 5. The first kappa shape index (κ1) is 17.3. The lowest BCUT2D eigenvalue weighted by atomic mass is 10.1. The Kier molecular flexibility index (Phi) is 4.42. The molecule has 27 heavy (non-hydrogen) atoms. The van der Waals surface area contributed by atoms with Crippen LogP contribution in [0.25, 0.3) is 16.8 Å². The van der Waals surface area contributed by atoms with E-state index in [1.807, 2.05) is 42.6 Å². The fourth-order valence-corrected chi connectivity index (χ4v) is 4.37. The molecule has 1 fully saturated rings. The highest BCUT2D eigenvalue weighted by Crippen LogP contribution is 2.25. The quantitative estimate of drug-likeness (QED) is 0.700. The van der Waals surface area contributed by atoms with Crippen molar-refractivity contribution in [2.45, 2.75) is 0 Å². The van der Waals surface area contributed by atoms with E-state index < -0.39 is 9.84 Å². The molecule has 6 nitrogen and oxygen atoms in total. The molecular formula is C20H18N4O2S. The smallest absolute Gasteiger partial charge is 0.153 e. The van der Waals surface area contributed by atoms with Crippen LogP contribution >= 0.6 is 0 Å². The van der Waals surface area contributed by atoms with Crippen LogP contribution in [0, 0.1) is 11.3 Å². The van der Waals surface area contributed by atoms with Crippen molar-refractivity contribution < 1.29 is 8.42 Å². The minimum atomic E-state index is -2.88. The number of rotatable bonds is 3. The van der Waals surface area contributed by atoms with E-state index in [9.17, 15) is 8.42 Å². The van der Waals surface area contributed by atoms with Gasteiger partial charge in [-0.1, -0.05) is 18.2 Å². The zero-order valence-electron chi connectivity index (χ0n) is 14.6. The summed E-state index contributed by atoms with van der Waals surface area (Å²) < 4.78 is 24.9. The molecule has 2 heterocycles. The van der Waals surface area contributed by atoms with Crippen molar-refractivity contribution in [2.75, 3.05) is 29.5 Å². The Morgan fingerprint density at radius 3 is 2.41 bits per heavy atom. The van der Waals surface area contributed by atoms with Gasteiger partial charge in [-0.15, -0.1) is 0 Å². The van der Waals surface area contributed by atoms with Crippen molar-refractivity contribution in [3.05, 3.63) is 66.5 Å². The largest absolute Gasteiger partial charge is 0.369 e. The Balaban J connectivity index is 1.53. The van der Waals surface area contributed by atoms with Crippen molar-refractivity contribution in [2.24, 2.45) is 0 Å². The number of aromatic nitrogens is 2. The average molecular weight is 378 g/mol. The number of hydrogen-bond donors (Lipinski definition) is 0. The van der Waals surface area contributed by atoms with Gasteiger partial charge in [0.15, 0.2) is 9.84 Å². The molecule has 0 aliphatic carbocycles. The molecule has 1 aromatic heterocycles. The molecule has 2 aromatic carbocycles. The summed E-state index contributed by atoms with van der Waals surface area (Å²) in [5.74, 6) is 0.423. The van der Waals surface area contributed by atoms with Crippen LogP contribution in [0.1, 0.15) is 5.56 Å². The van der Waals surface area contributed by atoms with Gasteiger partial charge < -0.3 is 4.90 Å². The second kappa shape index (κ2) is 6.89. The van der Waals surface area contributed by atoms with Crippen LogP contribution in [-0.2, 0) is 9.84 Å². The van der Waals surface area contributed by atoms with Gasteiger partial charge in [-0.3, -0.25) is 0 Å². The Morgan fingerprint density at radius 2 is 1.70 bits per heavy atom. The SMILES string of the molecule is N#Cc1cccc(-n2cc(-c3ccc(N4CCS(=O)(=O)CC4)cc3)cn2)c1. The number of nitrogens with zero attached hydrogens (tertiary/aromatic N) is 4. The molecule has 4 rings (SSSR count). The van der Waals surface area contributed by atoms with Crippen LogP contribution in [0.2, 0.25) is 0 Å². The van der Waals surface area contributed by atoms with E-state index in [0.717, 1.165) is 22.5 Å². The summed E-state index contributed by atoms with van der Waals surface area (Å²) in [6.07, 6.45) is 3.72. The predicted molar refractivity (Wildman–Crippen MR) is 105 cm³/mol. The van der Waals surface area contributed by atoms with Gasteiger partial charge >= 0.3 is 0 Å². The number of benzene rings is 2. The number of anilines is 1. The summed E-state index contributed by atoms with van der Waals surface area (Å²) in [5.41, 5.74) is 4.47. The third-order valence-corrected chi connectivity index (χ3v) is 6.34. The Labute approximate surface area is 158 Å². The summed E-state index contributed by atoms with van der Waals surface area (Å²) >= 11 is 0. The molecule has 1 aliphatic heterocycles. The monoisotopic (exact) mass is 378 g/mol. The zero-order chi connectivity index (χ0) is 18.9. The lowest BCUT2D eigenvalue weighted by Gasteiger charge is -2.28. The maximum absolute atomic E-state index is 11.6. The third-order valence-electron chi connectivity index (χ3n) is 4.73. The van der Waals surface area contributed by atoms with Crippen LogP contribution < -0.4 is 4.90 Å². The first-order chi connectivity index (χ1) is 13.0. The van der Waals surface area contributed by atoms with E-state index in [0.29, 0.717) is 18.7 Å². The minimum Gasteiger partial charge on any atom is -0.369 e. The van der Waals surface area contributed by atoms with Crippen LogP contribution in [0.4, 0.5) is 5.69 Å². The van der Waals surface area contributed by atoms with Crippen molar-refractivity contribution >= 4 is 15.5 Å². The van der Waals surface area contributed by atoms with E-state index >= 15 is 0 Å². The molecule has 0 bridgehead atoms. The zero-order valence-corrected chi connectivity index (χ0v) is 15.4. The Hall–Kier alpha value is -3.11. The van der Waals surface area contributed by atoms with Crippen LogP contribution in [0.15, 0.2) is 60.9 Å². The summed E-state index contributed by atoms with van der Waals surface area (Å²) in [6.45, 7) is 1.07. The Bertz CT molecular complexity index is 1100. The molecule has 3 aromatic rings. The summed E-state index contributed by atoms with van der Waals surface area (Å²) in [4.78, 5) is 2.10. The average Bonchev–Trinajstić information content (AvgIpc) is 3.18. The highest BCUT2D eigenvalue weighted by atomic mass is 32.2. The molecule has 0 amide bonds. The minimum absolute atomic E-state index is 0.212. The van der Waals surface area contributed by atoms with Gasteiger partial charge in [-0.2, -0.15) is 10.4 Å². The molecule has 0 saturated carbocycles. The maximum Gasteiger partial charge on any atom is 0.153 e. The molecule has 1 aliphatic rings. The standard InChI is InChI=1S/C20H18N4O2S/c21-13-16-2-1-3-20(12-16)24-15-18(14-22-24)17-4-6-19(7-5-17)23-8-10-27(25,26)11-9-23/h1-7,12,14-15H,8-11H2. The fraction of sp³-hybridized carbons (Fsp3) is 0.200. The van der Waals surface area contributed by atoms with Crippen LogP contribution in [0.3, 0.4) is 0 Å². The normalized spacial score (nSPS) is 16.0. The maximum atomic E-state index is 11.6. The lowest BCUT2D eigenvalue weighted by molar-refractivity contribution is 0.587. The second-order valence-corrected chi connectivity index (χ2v) is 8.83. The third kappa shape index (κ3) is 3.71. The van der Waals surface area contributed by atoms with Gasteiger partial charge in [-0.05, 0) is 35.9 Å². The molecule has 0 unspecified atom stereocenters. The van der Waals surface area contributed by atoms with Crippen LogP contribution in [-0.4, -0.2) is 42.8 Å². The Morgan fingerprint density at radius 1 is 0.963 bits per heavy atom. The predicted octanol–water partition coefficient (Wildman–Crippen LogP) is 2.65. The van der Waals surface area contributed by atoms with Crippen molar-refractivity contribution in [3.63, 3.8) is 0 Å². The topological polar surface area (TPSA) is 79.0 Å². The highest BCUT2D eigenvalue weighted by Gasteiger charge is 2.21. The van der Waals surface area contributed by atoms with Gasteiger partial charge in [0, 0.05) is 30.5 Å². The molecule has 0 atom stereocenters. The molecular weight excluding hydrogens is 360 g/mol. The molecule has 0 spiro atoms. The van der Waals surface area contributed by atoms with E-state index in [2.05, 4.69) is 16.1 Å². The molecule has 0 N–H and O–H groups in total. The molecule has 0 radical (unpaired) electrons. The first-order valence-corrected chi connectivity index (χ1v) is 10.5.